The lowest BCUT2D eigenvalue weighted by Gasteiger charge is -2.07. The summed E-state index contributed by atoms with van der Waals surface area (Å²) >= 11 is 0. The van der Waals surface area contributed by atoms with Crippen LogP contribution < -0.4 is 10.1 Å². The van der Waals surface area contributed by atoms with Crippen molar-refractivity contribution in [2.45, 2.75) is 13.1 Å². The maximum absolute atomic E-state index is 12.3. The van der Waals surface area contributed by atoms with Gasteiger partial charge in [0, 0.05) is 23.3 Å². The largest absolute Gasteiger partial charge is 0.497 e. The lowest BCUT2D eigenvalue weighted by atomic mass is 10.2. The molecule has 7 heteroatoms. The summed E-state index contributed by atoms with van der Waals surface area (Å²) in [6.07, 6.45) is 3.78. The van der Waals surface area contributed by atoms with E-state index in [4.69, 9.17) is 4.74 Å². The number of carbonyl (C=O) groups excluding carboxylic acids is 1. The Morgan fingerprint density at radius 1 is 1.16 bits per heavy atom. The number of methoxy groups -OCH3 is 1. The topological polar surface area (TPSA) is 73.4 Å². The van der Waals surface area contributed by atoms with E-state index in [0.717, 1.165) is 22.3 Å². The van der Waals surface area contributed by atoms with Crippen molar-refractivity contribution in [2.75, 3.05) is 7.11 Å². The highest BCUT2D eigenvalue weighted by molar-refractivity contribution is 5.84. The molecule has 4 rings (SSSR count). The summed E-state index contributed by atoms with van der Waals surface area (Å²) in [5.74, 6) is 1.42. The first kappa shape index (κ1) is 15.2. The second-order valence-corrected chi connectivity index (χ2v) is 5.69. The highest BCUT2D eigenvalue weighted by Gasteiger charge is 2.09. The van der Waals surface area contributed by atoms with Gasteiger partial charge in [-0.3, -0.25) is 9.20 Å². The van der Waals surface area contributed by atoms with Crippen molar-refractivity contribution in [2.24, 2.45) is 0 Å². The quantitative estimate of drug-likeness (QED) is 0.605. The molecule has 126 valence electrons. The highest BCUT2D eigenvalue weighted by atomic mass is 16.5. The average Bonchev–Trinajstić information content (AvgIpc) is 3.24. The number of nitrogens with zero attached hydrogens (tertiary/aromatic N) is 4. The van der Waals surface area contributed by atoms with E-state index in [-0.39, 0.29) is 12.5 Å². The van der Waals surface area contributed by atoms with Gasteiger partial charge in [-0.2, -0.15) is 0 Å². The first-order chi connectivity index (χ1) is 12.2. The molecule has 3 aromatic heterocycles. The zero-order valence-electron chi connectivity index (χ0n) is 13.7. The van der Waals surface area contributed by atoms with Crippen molar-refractivity contribution in [3.63, 3.8) is 0 Å². The summed E-state index contributed by atoms with van der Waals surface area (Å²) in [7, 11) is 1.64. The van der Waals surface area contributed by atoms with Crippen LogP contribution in [0, 0.1) is 0 Å². The van der Waals surface area contributed by atoms with E-state index >= 15 is 0 Å². The maximum Gasteiger partial charge on any atom is 0.240 e. The van der Waals surface area contributed by atoms with Crippen molar-refractivity contribution < 1.29 is 9.53 Å². The monoisotopic (exact) mass is 335 g/mol. The molecule has 0 unspecified atom stereocenters. The maximum atomic E-state index is 12.3. The number of aromatic nitrogens is 4. The molecule has 0 aliphatic heterocycles. The fourth-order valence-electron chi connectivity index (χ4n) is 2.84. The van der Waals surface area contributed by atoms with Gasteiger partial charge in [0.25, 0.3) is 0 Å². The molecule has 0 aliphatic rings. The van der Waals surface area contributed by atoms with Crippen molar-refractivity contribution in [1.29, 1.82) is 0 Å². The van der Waals surface area contributed by atoms with Crippen LogP contribution >= 0.6 is 0 Å². The van der Waals surface area contributed by atoms with Gasteiger partial charge < -0.3 is 14.6 Å². The number of ether oxygens (including phenoxy) is 1. The number of nitrogens with one attached hydrogen (secondary N) is 1. The zero-order valence-corrected chi connectivity index (χ0v) is 13.7. The van der Waals surface area contributed by atoms with Crippen LogP contribution in [0.5, 0.6) is 5.75 Å². The minimum Gasteiger partial charge on any atom is -0.497 e. The van der Waals surface area contributed by atoms with E-state index in [1.807, 2.05) is 63.8 Å². The summed E-state index contributed by atoms with van der Waals surface area (Å²) in [5.41, 5.74) is 1.75. The Bertz CT molecular complexity index is 1050. The van der Waals surface area contributed by atoms with Gasteiger partial charge >= 0.3 is 0 Å². The van der Waals surface area contributed by atoms with Crippen LogP contribution in [-0.4, -0.2) is 32.2 Å². The molecule has 0 saturated carbocycles. The Labute approximate surface area is 143 Å². The Balaban J connectivity index is 1.45. The predicted octanol–water partition coefficient (Wildman–Crippen LogP) is 2.01. The summed E-state index contributed by atoms with van der Waals surface area (Å²) in [6, 6.07) is 13.4. The van der Waals surface area contributed by atoms with Crippen LogP contribution in [0.3, 0.4) is 0 Å². The van der Waals surface area contributed by atoms with E-state index in [1.165, 1.54) is 0 Å². The number of rotatable bonds is 5. The molecule has 0 saturated heterocycles. The van der Waals surface area contributed by atoms with Crippen molar-refractivity contribution >= 4 is 22.5 Å². The molecule has 7 nitrogen and oxygen atoms in total. The van der Waals surface area contributed by atoms with E-state index in [1.54, 1.807) is 7.11 Å². The van der Waals surface area contributed by atoms with Crippen LogP contribution in [-0.2, 0) is 17.9 Å². The number of hydrogen-bond acceptors (Lipinski definition) is 4. The third kappa shape index (κ3) is 2.91. The summed E-state index contributed by atoms with van der Waals surface area (Å²) in [4.78, 5) is 12.3. The SMILES string of the molecule is COc1ccc2c(ccn2CC(=O)NCc2nnc3ccccn23)c1. The van der Waals surface area contributed by atoms with Gasteiger partial charge in [0.1, 0.15) is 12.3 Å². The van der Waals surface area contributed by atoms with Crippen molar-refractivity contribution in [3.8, 4) is 5.75 Å². The van der Waals surface area contributed by atoms with E-state index < -0.39 is 0 Å². The Morgan fingerprint density at radius 3 is 2.96 bits per heavy atom. The molecule has 3 heterocycles. The van der Waals surface area contributed by atoms with E-state index in [2.05, 4.69) is 15.5 Å². The lowest BCUT2D eigenvalue weighted by Crippen LogP contribution is -2.27. The molecule has 0 spiro atoms. The van der Waals surface area contributed by atoms with E-state index in [0.29, 0.717) is 12.4 Å². The van der Waals surface area contributed by atoms with Gasteiger partial charge in [-0.15, -0.1) is 10.2 Å². The summed E-state index contributed by atoms with van der Waals surface area (Å²) < 4.78 is 8.99. The lowest BCUT2D eigenvalue weighted by molar-refractivity contribution is -0.121. The van der Waals surface area contributed by atoms with Crippen LogP contribution in [0.1, 0.15) is 5.82 Å². The highest BCUT2D eigenvalue weighted by Crippen LogP contribution is 2.21. The molecule has 0 radical (unpaired) electrons. The second-order valence-electron chi connectivity index (χ2n) is 5.69. The third-order valence-electron chi connectivity index (χ3n) is 4.12. The number of fused-ring (bicyclic) bond motifs is 2. The first-order valence-electron chi connectivity index (χ1n) is 7.93. The third-order valence-corrected chi connectivity index (χ3v) is 4.12. The first-order valence-corrected chi connectivity index (χ1v) is 7.93. The van der Waals surface area contributed by atoms with Crippen molar-refractivity contribution in [1.82, 2.24) is 24.5 Å². The fraction of sp³-hybridized carbons (Fsp3) is 0.167. The van der Waals surface area contributed by atoms with Crippen LogP contribution in [0.4, 0.5) is 0 Å². The number of amides is 1. The Kier molecular flexibility index (Phi) is 3.81. The molecule has 1 aromatic carbocycles. The summed E-state index contributed by atoms with van der Waals surface area (Å²) in [6.45, 7) is 0.573. The van der Waals surface area contributed by atoms with Gasteiger partial charge in [-0.1, -0.05) is 6.07 Å². The molecule has 0 atom stereocenters. The molecular formula is C18H17N5O2. The predicted molar refractivity (Wildman–Crippen MR) is 93.3 cm³/mol. The fourth-order valence-corrected chi connectivity index (χ4v) is 2.84. The second kappa shape index (κ2) is 6.27. The van der Waals surface area contributed by atoms with Gasteiger partial charge in [0.2, 0.25) is 5.91 Å². The Morgan fingerprint density at radius 2 is 2.08 bits per heavy atom. The van der Waals surface area contributed by atoms with Crippen molar-refractivity contribution in [3.05, 3.63) is 60.7 Å². The number of benzene rings is 1. The molecule has 1 amide bonds. The molecule has 0 fully saturated rings. The molecule has 25 heavy (non-hydrogen) atoms. The Hall–Kier alpha value is -3.35. The van der Waals surface area contributed by atoms with Crippen LogP contribution in [0.15, 0.2) is 54.9 Å². The van der Waals surface area contributed by atoms with Gasteiger partial charge in [0.05, 0.1) is 13.7 Å². The normalized spacial score (nSPS) is 11.1. The zero-order chi connectivity index (χ0) is 17.2. The smallest absolute Gasteiger partial charge is 0.240 e. The number of carbonyl (C=O) groups is 1. The average molecular weight is 335 g/mol. The molecule has 4 aromatic rings. The molecule has 0 bridgehead atoms. The van der Waals surface area contributed by atoms with Crippen LogP contribution in [0.25, 0.3) is 16.6 Å². The number of hydrogen-bond donors (Lipinski definition) is 1. The van der Waals surface area contributed by atoms with Gasteiger partial charge in [-0.05, 0) is 36.4 Å². The standard InChI is InChI=1S/C18H17N5O2/c1-25-14-5-6-15-13(10-14)7-9-22(15)12-18(24)19-11-17-21-20-16-4-2-3-8-23(16)17/h2-10H,11-12H2,1H3,(H,19,24). The van der Waals surface area contributed by atoms with Gasteiger partial charge in [0.15, 0.2) is 11.5 Å². The van der Waals surface area contributed by atoms with E-state index in [9.17, 15) is 4.79 Å². The summed E-state index contributed by atoms with van der Waals surface area (Å²) in [5, 5.41) is 12.1. The van der Waals surface area contributed by atoms with Gasteiger partial charge in [-0.25, -0.2) is 0 Å². The molecular weight excluding hydrogens is 318 g/mol. The minimum absolute atomic E-state index is 0.0824. The minimum atomic E-state index is -0.0824. The number of pyridine rings is 1. The molecule has 0 aliphatic carbocycles. The molecule has 1 N–H and O–H groups in total. The van der Waals surface area contributed by atoms with Crippen LogP contribution in [0.2, 0.25) is 0 Å².